The van der Waals surface area contributed by atoms with Crippen LogP contribution in [0.2, 0.25) is 5.02 Å². The predicted molar refractivity (Wildman–Crippen MR) is 87.5 cm³/mol. The summed E-state index contributed by atoms with van der Waals surface area (Å²) < 4.78 is 5.49. The number of rotatable bonds is 4. The molecule has 2 rings (SSSR count). The van der Waals surface area contributed by atoms with Crippen molar-refractivity contribution >= 4 is 29.9 Å². The van der Waals surface area contributed by atoms with Crippen LogP contribution in [-0.4, -0.2) is 31.6 Å². The Morgan fingerprint density at radius 2 is 2.29 bits per heavy atom. The van der Waals surface area contributed by atoms with Crippen molar-refractivity contribution in [3.05, 3.63) is 28.8 Å². The van der Waals surface area contributed by atoms with Gasteiger partial charge in [-0.2, -0.15) is 0 Å². The van der Waals surface area contributed by atoms with E-state index in [1.807, 2.05) is 13.0 Å². The Labute approximate surface area is 137 Å². The standard InChI is InChI=1S/C15H21ClN2O2.ClH/c1-10-7-12(3-4-13(10)16)20-9-15(19)18-14-5-6-17-8-11(14)2;/h3-4,7,11,14,17H,5-6,8-9H2,1-2H3,(H,18,19);1H. The largest absolute Gasteiger partial charge is 0.484 e. The number of ether oxygens (including phenoxy) is 1. The van der Waals surface area contributed by atoms with Crippen LogP contribution in [0.3, 0.4) is 0 Å². The molecular weight excluding hydrogens is 311 g/mol. The molecule has 6 heteroatoms. The lowest BCUT2D eigenvalue weighted by Crippen LogP contribution is -2.49. The Bertz CT molecular complexity index is 483. The van der Waals surface area contributed by atoms with Crippen LogP contribution in [0.15, 0.2) is 18.2 Å². The van der Waals surface area contributed by atoms with Crippen LogP contribution in [0, 0.1) is 12.8 Å². The first-order valence-electron chi connectivity index (χ1n) is 6.95. The second-order valence-electron chi connectivity index (χ2n) is 5.34. The molecule has 1 heterocycles. The number of amides is 1. The second kappa shape index (κ2) is 8.47. The third-order valence-corrected chi connectivity index (χ3v) is 4.06. The highest BCUT2D eigenvalue weighted by Gasteiger charge is 2.22. The molecular formula is C15H22Cl2N2O2. The minimum atomic E-state index is -0.0728. The number of benzene rings is 1. The maximum absolute atomic E-state index is 11.9. The molecule has 1 amide bonds. The smallest absolute Gasteiger partial charge is 0.258 e. The first-order chi connectivity index (χ1) is 9.56. The van der Waals surface area contributed by atoms with E-state index in [1.165, 1.54) is 0 Å². The van der Waals surface area contributed by atoms with E-state index in [1.54, 1.807) is 12.1 Å². The molecule has 4 nitrogen and oxygen atoms in total. The fourth-order valence-electron chi connectivity index (χ4n) is 2.33. The lowest BCUT2D eigenvalue weighted by Gasteiger charge is -2.30. The van der Waals surface area contributed by atoms with Crippen molar-refractivity contribution in [2.24, 2.45) is 5.92 Å². The number of piperidine rings is 1. The van der Waals surface area contributed by atoms with Gasteiger partial charge in [-0.15, -0.1) is 12.4 Å². The maximum atomic E-state index is 11.9. The van der Waals surface area contributed by atoms with Crippen LogP contribution in [0.5, 0.6) is 5.75 Å². The monoisotopic (exact) mass is 332 g/mol. The average Bonchev–Trinajstić information content (AvgIpc) is 2.43. The highest BCUT2D eigenvalue weighted by Crippen LogP contribution is 2.20. The summed E-state index contributed by atoms with van der Waals surface area (Å²) in [6.45, 7) is 5.99. The van der Waals surface area contributed by atoms with Crippen molar-refractivity contribution in [2.75, 3.05) is 19.7 Å². The Kier molecular flexibility index (Phi) is 7.29. The molecule has 0 radical (unpaired) electrons. The van der Waals surface area contributed by atoms with Crippen molar-refractivity contribution < 1.29 is 9.53 Å². The summed E-state index contributed by atoms with van der Waals surface area (Å²) in [5.41, 5.74) is 0.941. The van der Waals surface area contributed by atoms with E-state index in [0.29, 0.717) is 16.7 Å². The molecule has 0 aliphatic carbocycles. The maximum Gasteiger partial charge on any atom is 0.258 e. The lowest BCUT2D eigenvalue weighted by molar-refractivity contribution is -0.124. The van der Waals surface area contributed by atoms with E-state index in [9.17, 15) is 4.79 Å². The molecule has 1 aliphatic rings. The Morgan fingerprint density at radius 3 is 2.95 bits per heavy atom. The van der Waals surface area contributed by atoms with E-state index in [2.05, 4.69) is 17.6 Å². The zero-order valence-corrected chi connectivity index (χ0v) is 13.9. The third-order valence-electron chi connectivity index (χ3n) is 3.63. The Balaban J connectivity index is 0.00000220. The van der Waals surface area contributed by atoms with E-state index >= 15 is 0 Å². The number of halogens is 2. The highest BCUT2D eigenvalue weighted by molar-refractivity contribution is 6.31. The number of carbonyl (C=O) groups is 1. The minimum Gasteiger partial charge on any atom is -0.484 e. The normalized spacial score (nSPS) is 21.3. The van der Waals surface area contributed by atoms with Crippen molar-refractivity contribution in [1.29, 1.82) is 0 Å². The molecule has 21 heavy (non-hydrogen) atoms. The number of nitrogens with one attached hydrogen (secondary N) is 2. The molecule has 1 aromatic rings. The van der Waals surface area contributed by atoms with Gasteiger partial charge in [-0.25, -0.2) is 0 Å². The average molecular weight is 333 g/mol. The lowest BCUT2D eigenvalue weighted by atomic mass is 9.95. The zero-order valence-electron chi connectivity index (χ0n) is 12.3. The van der Waals surface area contributed by atoms with Gasteiger partial charge in [0.15, 0.2) is 6.61 Å². The summed E-state index contributed by atoms with van der Waals surface area (Å²) in [6, 6.07) is 5.62. The van der Waals surface area contributed by atoms with Gasteiger partial charge in [-0.3, -0.25) is 4.79 Å². The van der Waals surface area contributed by atoms with E-state index < -0.39 is 0 Å². The fraction of sp³-hybridized carbons (Fsp3) is 0.533. The Morgan fingerprint density at radius 1 is 1.52 bits per heavy atom. The van der Waals surface area contributed by atoms with E-state index in [0.717, 1.165) is 25.1 Å². The van der Waals surface area contributed by atoms with E-state index in [-0.39, 0.29) is 31.0 Å². The van der Waals surface area contributed by atoms with Gasteiger partial charge in [0.2, 0.25) is 0 Å². The van der Waals surface area contributed by atoms with Crippen LogP contribution in [0.4, 0.5) is 0 Å². The fourth-order valence-corrected chi connectivity index (χ4v) is 2.45. The summed E-state index contributed by atoms with van der Waals surface area (Å²) in [5, 5.41) is 7.05. The predicted octanol–water partition coefficient (Wildman–Crippen LogP) is 2.56. The third kappa shape index (κ3) is 5.38. The van der Waals surface area contributed by atoms with Gasteiger partial charge in [0, 0.05) is 11.1 Å². The second-order valence-corrected chi connectivity index (χ2v) is 5.75. The molecule has 2 N–H and O–H groups in total. The first-order valence-corrected chi connectivity index (χ1v) is 7.33. The molecule has 1 fully saturated rings. The van der Waals surface area contributed by atoms with Crippen molar-refractivity contribution in [2.45, 2.75) is 26.3 Å². The van der Waals surface area contributed by atoms with Crippen molar-refractivity contribution in [3.63, 3.8) is 0 Å². The van der Waals surface area contributed by atoms with Gasteiger partial charge in [-0.05, 0) is 56.1 Å². The molecule has 0 spiro atoms. The molecule has 118 valence electrons. The van der Waals surface area contributed by atoms with Gasteiger partial charge in [-0.1, -0.05) is 18.5 Å². The SMILES string of the molecule is Cc1cc(OCC(=O)NC2CCNCC2C)ccc1Cl.Cl. The summed E-state index contributed by atoms with van der Waals surface area (Å²) in [5.74, 6) is 1.04. The number of hydrogen-bond acceptors (Lipinski definition) is 3. The molecule has 2 unspecified atom stereocenters. The van der Waals surface area contributed by atoms with Gasteiger partial charge < -0.3 is 15.4 Å². The highest BCUT2D eigenvalue weighted by atomic mass is 35.5. The topological polar surface area (TPSA) is 50.4 Å². The van der Waals surface area contributed by atoms with Gasteiger partial charge in [0.05, 0.1) is 0 Å². The molecule has 0 aromatic heterocycles. The van der Waals surface area contributed by atoms with Crippen LogP contribution >= 0.6 is 24.0 Å². The first kappa shape index (κ1) is 18.1. The zero-order chi connectivity index (χ0) is 14.5. The van der Waals surface area contributed by atoms with Crippen LogP contribution in [0.25, 0.3) is 0 Å². The van der Waals surface area contributed by atoms with Gasteiger partial charge in [0.25, 0.3) is 5.91 Å². The van der Waals surface area contributed by atoms with Gasteiger partial charge in [0.1, 0.15) is 5.75 Å². The van der Waals surface area contributed by atoms with Crippen LogP contribution < -0.4 is 15.4 Å². The number of aryl methyl sites for hydroxylation is 1. The summed E-state index contributed by atoms with van der Waals surface area (Å²) in [7, 11) is 0. The van der Waals surface area contributed by atoms with Gasteiger partial charge >= 0.3 is 0 Å². The molecule has 1 aromatic carbocycles. The molecule has 0 bridgehead atoms. The van der Waals surface area contributed by atoms with E-state index in [4.69, 9.17) is 16.3 Å². The minimum absolute atomic E-state index is 0. The van der Waals surface area contributed by atoms with Crippen molar-refractivity contribution in [3.8, 4) is 5.75 Å². The Hall–Kier alpha value is -0.970. The van der Waals surface area contributed by atoms with Crippen LogP contribution in [-0.2, 0) is 4.79 Å². The summed E-state index contributed by atoms with van der Waals surface area (Å²) in [6.07, 6.45) is 0.965. The summed E-state index contributed by atoms with van der Waals surface area (Å²) >= 11 is 5.95. The summed E-state index contributed by atoms with van der Waals surface area (Å²) in [4.78, 5) is 11.9. The van der Waals surface area contributed by atoms with Crippen LogP contribution in [0.1, 0.15) is 18.9 Å². The molecule has 1 aliphatic heterocycles. The molecule has 1 saturated heterocycles. The molecule has 0 saturated carbocycles. The quantitative estimate of drug-likeness (QED) is 0.890. The number of hydrogen-bond donors (Lipinski definition) is 2. The van der Waals surface area contributed by atoms with Crippen molar-refractivity contribution in [1.82, 2.24) is 10.6 Å². The number of carbonyl (C=O) groups excluding carboxylic acids is 1. The molecule has 2 atom stereocenters.